The summed E-state index contributed by atoms with van der Waals surface area (Å²) in [6.45, 7) is 3.80. The Labute approximate surface area is 224 Å². The highest BCUT2D eigenvalue weighted by Crippen LogP contribution is 2.32. The van der Waals surface area contributed by atoms with Crippen LogP contribution in [0.25, 0.3) is 6.08 Å². The monoisotopic (exact) mass is 530 g/mol. The number of benzene rings is 3. The van der Waals surface area contributed by atoms with Gasteiger partial charge in [0.2, 0.25) is 0 Å². The minimum Gasteiger partial charge on any atom is -0.492 e. The third-order valence-corrected chi connectivity index (χ3v) is 6.47. The minimum atomic E-state index is -0.649. The Morgan fingerprint density at radius 2 is 1.68 bits per heavy atom. The Kier molecular flexibility index (Phi) is 8.60. The van der Waals surface area contributed by atoms with Crippen molar-refractivity contribution in [3.05, 3.63) is 100.0 Å². The number of hydrogen-bond acceptors (Lipinski definition) is 7. The quantitative estimate of drug-likeness (QED) is 0.299. The zero-order valence-corrected chi connectivity index (χ0v) is 21.7. The molecule has 3 amide bonds. The van der Waals surface area contributed by atoms with Crippen LogP contribution < -0.4 is 10.1 Å². The first-order valence-electron chi connectivity index (χ1n) is 11.9. The molecule has 4 rings (SSSR count). The number of thioether (sulfide) groups is 1. The van der Waals surface area contributed by atoms with Gasteiger partial charge in [0.15, 0.2) is 6.61 Å². The predicted molar refractivity (Wildman–Crippen MR) is 146 cm³/mol. The molecular formula is C29H26N2O6S. The number of nitrogens with one attached hydrogen (secondary N) is 1. The molecule has 194 valence electrons. The number of imide groups is 1. The molecule has 0 spiro atoms. The molecule has 0 unspecified atom stereocenters. The van der Waals surface area contributed by atoms with Gasteiger partial charge in [-0.25, -0.2) is 4.79 Å². The van der Waals surface area contributed by atoms with Crippen LogP contribution in [0.3, 0.4) is 0 Å². The second-order valence-electron chi connectivity index (χ2n) is 8.61. The van der Waals surface area contributed by atoms with Crippen LogP contribution in [0.15, 0.2) is 77.7 Å². The molecule has 9 heteroatoms. The molecule has 1 aliphatic heterocycles. The number of aryl methyl sites for hydroxylation is 2. The van der Waals surface area contributed by atoms with E-state index in [0.717, 1.165) is 27.8 Å². The van der Waals surface area contributed by atoms with Crippen molar-refractivity contribution in [2.24, 2.45) is 0 Å². The predicted octanol–water partition coefficient (Wildman–Crippen LogP) is 5.21. The van der Waals surface area contributed by atoms with Gasteiger partial charge in [-0.15, -0.1) is 0 Å². The van der Waals surface area contributed by atoms with E-state index in [2.05, 4.69) is 5.32 Å². The van der Waals surface area contributed by atoms with Crippen LogP contribution >= 0.6 is 11.8 Å². The first-order chi connectivity index (χ1) is 18.3. The summed E-state index contributed by atoms with van der Waals surface area (Å²) >= 11 is 0.855. The molecule has 1 saturated heterocycles. The van der Waals surface area contributed by atoms with Gasteiger partial charge in [-0.1, -0.05) is 42.0 Å². The summed E-state index contributed by atoms with van der Waals surface area (Å²) in [4.78, 5) is 50.9. The molecule has 0 radical (unpaired) electrons. The standard InChI is InChI=1S/C29H26N2O6S/c1-19-6-12-23(13-7-19)30-26(32)18-37-28(34)22-10-8-21(9-11-22)17-25-27(33)31(29(35)38-25)14-15-36-24-5-3-4-20(2)16-24/h3-13,16-17H,14-15,18H2,1-2H3,(H,30,32)/b25-17-. The Hall–Kier alpha value is -4.37. The lowest BCUT2D eigenvalue weighted by Gasteiger charge is -2.13. The molecule has 1 heterocycles. The average molecular weight is 531 g/mol. The minimum absolute atomic E-state index is 0.137. The number of ether oxygens (including phenoxy) is 2. The van der Waals surface area contributed by atoms with Crippen molar-refractivity contribution in [2.75, 3.05) is 25.1 Å². The second kappa shape index (κ2) is 12.2. The van der Waals surface area contributed by atoms with Crippen LogP contribution in [0.2, 0.25) is 0 Å². The maximum absolute atomic E-state index is 12.7. The molecule has 3 aromatic rings. The van der Waals surface area contributed by atoms with Crippen LogP contribution in [0, 0.1) is 13.8 Å². The Balaban J connectivity index is 1.28. The van der Waals surface area contributed by atoms with Gasteiger partial charge in [0.25, 0.3) is 17.1 Å². The van der Waals surface area contributed by atoms with Crippen molar-refractivity contribution in [3.63, 3.8) is 0 Å². The van der Waals surface area contributed by atoms with Gasteiger partial charge in [0.05, 0.1) is 17.0 Å². The molecule has 1 N–H and O–H groups in total. The first-order valence-corrected chi connectivity index (χ1v) is 12.7. The smallest absolute Gasteiger partial charge is 0.338 e. The van der Waals surface area contributed by atoms with Crippen LogP contribution in [-0.4, -0.2) is 47.7 Å². The number of hydrogen-bond donors (Lipinski definition) is 1. The number of rotatable bonds is 9. The topological polar surface area (TPSA) is 102 Å². The van der Waals surface area contributed by atoms with E-state index in [1.807, 2.05) is 50.2 Å². The van der Waals surface area contributed by atoms with Crippen molar-refractivity contribution in [1.29, 1.82) is 0 Å². The molecule has 0 aromatic heterocycles. The van der Waals surface area contributed by atoms with E-state index >= 15 is 0 Å². The third kappa shape index (κ3) is 7.10. The van der Waals surface area contributed by atoms with E-state index in [1.54, 1.807) is 30.3 Å². The fraction of sp³-hybridized carbons (Fsp3) is 0.172. The first kappa shape index (κ1) is 26.7. The molecule has 1 fully saturated rings. The number of anilines is 1. The molecule has 38 heavy (non-hydrogen) atoms. The highest BCUT2D eigenvalue weighted by Gasteiger charge is 2.34. The average Bonchev–Trinajstić information content (AvgIpc) is 3.16. The summed E-state index contributed by atoms with van der Waals surface area (Å²) in [6.07, 6.45) is 1.59. The van der Waals surface area contributed by atoms with Gasteiger partial charge in [0.1, 0.15) is 12.4 Å². The van der Waals surface area contributed by atoms with Gasteiger partial charge in [0, 0.05) is 5.69 Å². The van der Waals surface area contributed by atoms with Gasteiger partial charge >= 0.3 is 5.97 Å². The zero-order valence-electron chi connectivity index (χ0n) is 20.9. The van der Waals surface area contributed by atoms with E-state index in [0.29, 0.717) is 17.0 Å². The molecule has 8 nitrogen and oxygen atoms in total. The third-order valence-electron chi connectivity index (χ3n) is 5.56. The van der Waals surface area contributed by atoms with Crippen LogP contribution in [0.4, 0.5) is 10.5 Å². The number of carbonyl (C=O) groups excluding carboxylic acids is 4. The van der Waals surface area contributed by atoms with Gasteiger partial charge in [-0.05, 0) is 79.2 Å². The fourth-order valence-corrected chi connectivity index (χ4v) is 4.43. The SMILES string of the molecule is Cc1ccc(NC(=O)COC(=O)c2ccc(/C=C3\SC(=O)N(CCOc4cccc(C)c4)C3=O)cc2)cc1. The van der Waals surface area contributed by atoms with Crippen molar-refractivity contribution >= 4 is 46.5 Å². The van der Waals surface area contributed by atoms with Crippen molar-refractivity contribution in [2.45, 2.75) is 13.8 Å². The van der Waals surface area contributed by atoms with E-state index in [4.69, 9.17) is 9.47 Å². The Bertz CT molecular complexity index is 1380. The van der Waals surface area contributed by atoms with E-state index in [9.17, 15) is 19.2 Å². The van der Waals surface area contributed by atoms with E-state index in [-0.39, 0.29) is 28.9 Å². The number of esters is 1. The zero-order chi connectivity index (χ0) is 27.1. The van der Waals surface area contributed by atoms with Crippen molar-refractivity contribution in [1.82, 2.24) is 4.90 Å². The summed E-state index contributed by atoms with van der Waals surface area (Å²) in [7, 11) is 0. The van der Waals surface area contributed by atoms with Crippen LogP contribution in [0.1, 0.15) is 27.0 Å². The molecule has 3 aromatic carbocycles. The maximum atomic E-state index is 12.7. The Morgan fingerprint density at radius 1 is 0.947 bits per heavy atom. The summed E-state index contributed by atoms with van der Waals surface area (Å²) < 4.78 is 10.8. The highest BCUT2D eigenvalue weighted by molar-refractivity contribution is 8.18. The molecule has 0 bridgehead atoms. The molecular weight excluding hydrogens is 504 g/mol. The fourth-order valence-electron chi connectivity index (χ4n) is 3.57. The molecule has 0 atom stereocenters. The lowest BCUT2D eigenvalue weighted by Crippen LogP contribution is -2.32. The highest BCUT2D eigenvalue weighted by atomic mass is 32.2. The molecule has 0 aliphatic carbocycles. The van der Waals surface area contributed by atoms with Crippen molar-refractivity contribution in [3.8, 4) is 5.75 Å². The van der Waals surface area contributed by atoms with Gasteiger partial charge in [-0.3, -0.25) is 19.3 Å². The summed E-state index contributed by atoms with van der Waals surface area (Å²) in [5.41, 5.74) is 3.63. The number of nitrogens with zero attached hydrogens (tertiary/aromatic N) is 1. The summed E-state index contributed by atoms with van der Waals surface area (Å²) in [5.74, 6) is -0.808. The second-order valence-corrected chi connectivity index (χ2v) is 9.60. The van der Waals surface area contributed by atoms with Gasteiger partial charge < -0.3 is 14.8 Å². The number of amides is 3. The lowest BCUT2D eigenvalue weighted by molar-refractivity contribution is -0.123. The largest absolute Gasteiger partial charge is 0.492 e. The number of carbonyl (C=O) groups is 4. The molecule has 1 aliphatic rings. The van der Waals surface area contributed by atoms with E-state index < -0.39 is 24.4 Å². The summed E-state index contributed by atoms with van der Waals surface area (Å²) in [6, 6.07) is 21.1. The van der Waals surface area contributed by atoms with Crippen LogP contribution in [0.5, 0.6) is 5.75 Å². The maximum Gasteiger partial charge on any atom is 0.338 e. The Morgan fingerprint density at radius 3 is 2.39 bits per heavy atom. The summed E-state index contributed by atoms with van der Waals surface area (Å²) in [5, 5.41) is 2.30. The van der Waals surface area contributed by atoms with Crippen molar-refractivity contribution < 1.29 is 28.7 Å². The normalized spacial score (nSPS) is 14.1. The van der Waals surface area contributed by atoms with Gasteiger partial charge in [-0.2, -0.15) is 0 Å². The lowest BCUT2D eigenvalue weighted by atomic mass is 10.1. The molecule has 0 saturated carbocycles. The van der Waals surface area contributed by atoms with Crippen LogP contribution in [-0.2, 0) is 14.3 Å². The van der Waals surface area contributed by atoms with E-state index in [1.165, 1.54) is 12.1 Å².